The SMILES string of the molecule is CCCCCCCCOc1c(F)c(F)c(-c2c(F)c(F)c(OC(=O)C3CCC(CCCCCCCC)CC3)c(F)c2F)c(F)c1F. The highest BCUT2D eigenvalue weighted by Crippen LogP contribution is 2.42. The molecule has 0 unspecified atom stereocenters. The summed E-state index contributed by atoms with van der Waals surface area (Å²) in [6.07, 6.45) is 14.7. The molecule has 1 aliphatic carbocycles. The molecule has 0 bridgehead atoms. The second-order valence-corrected chi connectivity index (χ2v) is 12.2. The third kappa shape index (κ3) is 9.37. The predicted octanol–water partition coefficient (Wildman–Crippen LogP) is 11.7. The van der Waals surface area contributed by atoms with Crippen molar-refractivity contribution in [2.75, 3.05) is 6.61 Å². The van der Waals surface area contributed by atoms with Crippen LogP contribution in [0.2, 0.25) is 0 Å². The van der Waals surface area contributed by atoms with E-state index in [1.165, 1.54) is 19.3 Å². The van der Waals surface area contributed by atoms with Gasteiger partial charge in [-0.25, -0.2) is 17.6 Å². The minimum Gasteiger partial charge on any atom is -0.487 e. The first-order valence-electron chi connectivity index (χ1n) is 16.6. The molecule has 258 valence electrons. The van der Waals surface area contributed by atoms with E-state index in [-0.39, 0.29) is 6.61 Å². The molecule has 2 aromatic rings. The van der Waals surface area contributed by atoms with Crippen molar-refractivity contribution in [3.05, 3.63) is 46.5 Å². The van der Waals surface area contributed by atoms with Crippen molar-refractivity contribution in [3.63, 3.8) is 0 Å². The van der Waals surface area contributed by atoms with Crippen LogP contribution in [0.1, 0.15) is 123 Å². The molecule has 11 heteroatoms. The van der Waals surface area contributed by atoms with Crippen molar-refractivity contribution in [3.8, 4) is 22.6 Å². The Labute approximate surface area is 266 Å². The molecule has 1 saturated carbocycles. The van der Waals surface area contributed by atoms with Gasteiger partial charge in [-0.15, -0.1) is 0 Å². The zero-order valence-corrected chi connectivity index (χ0v) is 26.6. The van der Waals surface area contributed by atoms with Crippen LogP contribution in [0.4, 0.5) is 35.1 Å². The van der Waals surface area contributed by atoms with Crippen molar-refractivity contribution in [2.24, 2.45) is 11.8 Å². The quantitative estimate of drug-likeness (QED) is 0.0523. The van der Waals surface area contributed by atoms with Crippen molar-refractivity contribution in [1.29, 1.82) is 0 Å². The zero-order chi connectivity index (χ0) is 33.8. The zero-order valence-electron chi connectivity index (χ0n) is 26.6. The van der Waals surface area contributed by atoms with E-state index in [0.717, 1.165) is 51.4 Å². The molecule has 46 heavy (non-hydrogen) atoms. The number of hydrogen-bond acceptors (Lipinski definition) is 3. The van der Waals surface area contributed by atoms with Gasteiger partial charge in [0.05, 0.1) is 23.7 Å². The van der Waals surface area contributed by atoms with Crippen LogP contribution in [0, 0.1) is 58.4 Å². The summed E-state index contributed by atoms with van der Waals surface area (Å²) >= 11 is 0. The summed E-state index contributed by atoms with van der Waals surface area (Å²) in [4.78, 5) is 12.7. The van der Waals surface area contributed by atoms with Crippen molar-refractivity contribution >= 4 is 5.97 Å². The number of ether oxygens (including phenoxy) is 2. The first-order chi connectivity index (χ1) is 22.0. The standard InChI is InChI=1S/C35H44F8O3/c1-3-5-7-9-11-13-15-21-16-18-22(19-17-21)35(44)46-34-31(42)27(38)24(28(39)32(34)43)23-25(36)29(40)33(30(41)26(23)37)45-20-14-12-10-8-6-4-2/h21-22H,3-20H2,1-2H3. The molecule has 0 aromatic heterocycles. The maximum Gasteiger partial charge on any atom is 0.314 e. The summed E-state index contributed by atoms with van der Waals surface area (Å²) in [6, 6.07) is 0. The van der Waals surface area contributed by atoms with E-state index in [0.29, 0.717) is 44.4 Å². The van der Waals surface area contributed by atoms with Gasteiger partial charge in [0, 0.05) is 0 Å². The van der Waals surface area contributed by atoms with E-state index in [2.05, 4.69) is 6.92 Å². The number of unbranched alkanes of at least 4 members (excludes halogenated alkanes) is 10. The van der Waals surface area contributed by atoms with E-state index in [1.54, 1.807) is 0 Å². The van der Waals surface area contributed by atoms with Crippen molar-refractivity contribution in [1.82, 2.24) is 0 Å². The molecule has 0 spiro atoms. The van der Waals surface area contributed by atoms with Crippen LogP contribution >= 0.6 is 0 Å². The van der Waals surface area contributed by atoms with Crippen molar-refractivity contribution < 1.29 is 49.4 Å². The van der Waals surface area contributed by atoms with Gasteiger partial charge in [0.1, 0.15) is 0 Å². The van der Waals surface area contributed by atoms with Crippen LogP contribution in [0.3, 0.4) is 0 Å². The first-order valence-corrected chi connectivity index (χ1v) is 16.6. The summed E-state index contributed by atoms with van der Waals surface area (Å²) in [5.41, 5.74) is -4.03. The van der Waals surface area contributed by atoms with Crippen LogP contribution in [-0.2, 0) is 4.79 Å². The molecule has 3 rings (SSSR count). The number of carbonyl (C=O) groups excluding carboxylic acids is 1. The second kappa shape index (κ2) is 18.5. The maximum absolute atomic E-state index is 15.1. The molecular weight excluding hydrogens is 620 g/mol. The molecule has 1 aliphatic rings. The molecule has 2 aromatic carbocycles. The van der Waals surface area contributed by atoms with Gasteiger partial charge >= 0.3 is 5.97 Å². The Bertz CT molecular complexity index is 1250. The highest BCUT2D eigenvalue weighted by atomic mass is 19.2. The van der Waals surface area contributed by atoms with E-state index in [4.69, 9.17) is 9.47 Å². The Morgan fingerprint density at radius 3 is 1.43 bits per heavy atom. The highest BCUT2D eigenvalue weighted by molar-refractivity contribution is 5.76. The Hall–Kier alpha value is -2.85. The average Bonchev–Trinajstić information content (AvgIpc) is 3.05. The highest BCUT2D eigenvalue weighted by Gasteiger charge is 2.37. The van der Waals surface area contributed by atoms with E-state index in [1.807, 2.05) is 6.92 Å². The molecule has 0 N–H and O–H groups in total. The summed E-state index contributed by atoms with van der Waals surface area (Å²) < 4.78 is 129. The molecule has 0 saturated heterocycles. The smallest absolute Gasteiger partial charge is 0.314 e. The average molecular weight is 665 g/mol. The van der Waals surface area contributed by atoms with Gasteiger partial charge in [-0.1, -0.05) is 90.9 Å². The molecule has 0 atom stereocenters. The van der Waals surface area contributed by atoms with Crippen molar-refractivity contribution in [2.45, 2.75) is 123 Å². The lowest BCUT2D eigenvalue weighted by Gasteiger charge is -2.27. The molecule has 3 nitrogen and oxygen atoms in total. The van der Waals surface area contributed by atoms with Crippen LogP contribution in [0.15, 0.2) is 0 Å². The predicted molar refractivity (Wildman–Crippen MR) is 159 cm³/mol. The fraction of sp³-hybridized carbons (Fsp3) is 0.629. The van der Waals surface area contributed by atoms with Gasteiger partial charge in [-0.2, -0.15) is 17.6 Å². The van der Waals surface area contributed by atoms with Gasteiger partial charge in [-0.3, -0.25) is 4.79 Å². The Morgan fingerprint density at radius 1 is 0.543 bits per heavy atom. The van der Waals surface area contributed by atoms with E-state index in [9.17, 15) is 31.1 Å². The van der Waals surface area contributed by atoms with Gasteiger partial charge in [0.2, 0.25) is 29.0 Å². The fourth-order valence-electron chi connectivity index (χ4n) is 6.02. The van der Waals surface area contributed by atoms with Crippen LogP contribution < -0.4 is 9.47 Å². The first kappa shape index (κ1) is 37.6. The van der Waals surface area contributed by atoms with Gasteiger partial charge in [-0.05, 0) is 38.0 Å². The monoisotopic (exact) mass is 664 g/mol. The molecule has 1 fully saturated rings. The molecule has 0 radical (unpaired) electrons. The number of hydrogen-bond donors (Lipinski definition) is 0. The van der Waals surface area contributed by atoms with E-state index < -0.39 is 81.1 Å². The summed E-state index contributed by atoms with van der Waals surface area (Å²) in [5, 5.41) is 0. The number of rotatable bonds is 18. The van der Waals surface area contributed by atoms with Gasteiger partial charge in [0.25, 0.3) is 0 Å². The Morgan fingerprint density at radius 2 is 0.957 bits per heavy atom. The normalized spacial score (nSPS) is 16.6. The van der Waals surface area contributed by atoms with Crippen LogP contribution in [-0.4, -0.2) is 12.6 Å². The molecular formula is C35H44F8O3. The van der Waals surface area contributed by atoms with Crippen LogP contribution in [0.25, 0.3) is 11.1 Å². The minimum absolute atomic E-state index is 0.301. The van der Waals surface area contributed by atoms with Gasteiger partial charge in [0.15, 0.2) is 29.0 Å². The number of halogens is 8. The molecule has 0 aliphatic heterocycles. The number of carbonyl (C=O) groups is 1. The van der Waals surface area contributed by atoms with E-state index >= 15 is 8.78 Å². The lowest BCUT2D eigenvalue weighted by molar-refractivity contribution is -0.140. The lowest BCUT2D eigenvalue weighted by atomic mass is 9.79. The Kier molecular flexibility index (Phi) is 15.1. The van der Waals surface area contributed by atoms with Crippen LogP contribution in [0.5, 0.6) is 11.5 Å². The number of esters is 1. The summed E-state index contributed by atoms with van der Waals surface area (Å²) in [5.74, 6) is -22.9. The molecule has 0 heterocycles. The lowest BCUT2D eigenvalue weighted by Crippen LogP contribution is -2.26. The minimum atomic E-state index is -2.39. The van der Waals surface area contributed by atoms with Gasteiger partial charge < -0.3 is 9.47 Å². The fourth-order valence-corrected chi connectivity index (χ4v) is 6.02. The Balaban J connectivity index is 1.71. The third-order valence-corrected chi connectivity index (χ3v) is 8.79. The number of benzene rings is 2. The topological polar surface area (TPSA) is 35.5 Å². The largest absolute Gasteiger partial charge is 0.487 e. The third-order valence-electron chi connectivity index (χ3n) is 8.79. The molecule has 0 amide bonds. The summed E-state index contributed by atoms with van der Waals surface area (Å²) in [6.45, 7) is 3.87. The second-order valence-electron chi connectivity index (χ2n) is 12.2. The summed E-state index contributed by atoms with van der Waals surface area (Å²) in [7, 11) is 0. The maximum atomic E-state index is 15.1.